The zero-order valence-corrected chi connectivity index (χ0v) is 9.32. The van der Waals surface area contributed by atoms with Gasteiger partial charge in [-0.2, -0.15) is 0 Å². The van der Waals surface area contributed by atoms with E-state index in [0.717, 1.165) is 6.34 Å². The normalized spacial score (nSPS) is 11.7. The van der Waals surface area contributed by atoms with Gasteiger partial charge in [-0.3, -0.25) is 0 Å². The number of hydrogen-bond donors (Lipinski definition) is 2. The number of benzene rings is 1. The van der Waals surface area contributed by atoms with E-state index in [1.807, 2.05) is 12.1 Å². The van der Waals surface area contributed by atoms with Crippen LogP contribution in [0, 0.1) is 0 Å². The van der Waals surface area contributed by atoms with Crippen LogP contribution in [0.5, 0.6) is 5.75 Å². The summed E-state index contributed by atoms with van der Waals surface area (Å²) >= 11 is 5.69. The highest BCUT2D eigenvalue weighted by Gasteiger charge is 2.00. The number of halogens is 1. The number of anilines is 1. The van der Waals surface area contributed by atoms with Gasteiger partial charge < -0.3 is 16.2 Å². The maximum Gasteiger partial charge on any atom is 0.150 e. The van der Waals surface area contributed by atoms with Crippen LogP contribution in [0.2, 0.25) is 0 Å². The summed E-state index contributed by atoms with van der Waals surface area (Å²) in [5.41, 5.74) is 11.3. The van der Waals surface area contributed by atoms with E-state index >= 15 is 0 Å². The Morgan fingerprint density at radius 2 is 2.12 bits per heavy atom. The molecule has 0 aliphatic carbocycles. The molecule has 0 heterocycles. The minimum atomic E-state index is 0.182. The van der Waals surface area contributed by atoms with Crippen molar-refractivity contribution < 1.29 is 4.74 Å². The first kappa shape index (κ1) is 12.1. The number of nitrogen functional groups attached to an aromatic ring is 1. The molecule has 4 nitrogen and oxygen atoms in total. The minimum absolute atomic E-state index is 0.182. The predicted molar refractivity (Wildman–Crippen MR) is 67.2 cm³/mol. The maximum absolute atomic E-state index is 5.69. The second-order valence-electron chi connectivity index (χ2n) is 2.85. The van der Waals surface area contributed by atoms with E-state index in [-0.39, 0.29) is 5.16 Å². The molecule has 0 aliphatic rings. The molecule has 0 spiro atoms. The molecule has 84 valence electrons. The molecule has 0 saturated carbocycles. The fourth-order valence-electron chi connectivity index (χ4n) is 0.985. The van der Waals surface area contributed by atoms with Crippen molar-refractivity contribution in [2.45, 2.75) is 0 Å². The molecule has 0 unspecified atom stereocenters. The number of ether oxygens (including phenoxy) is 1. The molecular weight excluding hydrogens is 226 g/mol. The summed E-state index contributed by atoms with van der Waals surface area (Å²) in [6.07, 6.45) is 2.53. The fourth-order valence-corrected chi connectivity index (χ4v) is 1.16. The molecule has 0 amide bonds. The first-order chi connectivity index (χ1) is 7.63. The Balaban J connectivity index is 2.73. The van der Waals surface area contributed by atoms with E-state index in [1.54, 1.807) is 12.1 Å². The summed E-state index contributed by atoms with van der Waals surface area (Å²) in [5, 5.41) is 0.182. The van der Waals surface area contributed by atoms with Crippen LogP contribution in [0.3, 0.4) is 0 Å². The van der Waals surface area contributed by atoms with Gasteiger partial charge in [0.05, 0.1) is 12.0 Å². The molecule has 16 heavy (non-hydrogen) atoms. The summed E-state index contributed by atoms with van der Waals surface area (Å²) in [4.78, 5) is 3.64. The second-order valence-corrected chi connectivity index (χ2v) is 3.24. The fraction of sp³-hybridized carbons (Fsp3) is 0. The summed E-state index contributed by atoms with van der Waals surface area (Å²) in [6.45, 7) is 3.66. The lowest BCUT2D eigenvalue weighted by molar-refractivity contribution is 0.449. The Hall–Kier alpha value is -1.94. The highest BCUT2D eigenvalue weighted by Crippen LogP contribution is 2.22. The lowest BCUT2D eigenvalue weighted by Gasteiger charge is -2.07. The van der Waals surface area contributed by atoms with Gasteiger partial charge in [0.1, 0.15) is 16.7 Å². The maximum atomic E-state index is 5.69. The predicted octanol–water partition coefficient (Wildman–Crippen LogP) is 2.23. The molecular formula is C11H12ClN3O. The Bertz CT molecular complexity index is 441. The second kappa shape index (κ2) is 5.82. The van der Waals surface area contributed by atoms with Gasteiger partial charge in [0.15, 0.2) is 0 Å². The van der Waals surface area contributed by atoms with E-state index in [1.165, 1.54) is 6.08 Å². The third-order valence-corrected chi connectivity index (χ3v) is 1.84. The first-order valence-corrected chi connectivity index (χ1v) is 4.84. The van der Waals surface area contributed by atoms with Crippen molar-refractivity contribution in [3.8, 4) is 5.75 Å². The van der Waals surface area contributed by atoms with Crippen LogP contribution < -0.4 is 16.2 Å². The monoisotopic (exact) mass is 237 g/mol. The zero-order chi connectivity index (χ0) is 12.0. The molecule has 0 atom stereocenters. The van der Waals surface area contributed by atoms with Crippen molar-refractivity contribution in [3.63, 3.8) is 0 Å². The van der Waals surface area contributed by atoms with Crippen molar-refractivity contribution in [1.29, 1.82) is 0 Å². The molecule has 0 saturated heterocycles. The lowest BCUT2D eigenvalue weighted by Crippen LogP contribution is -1.95. The van der Waals surface area contributed by atoms with Crippen LogP contribution >= 0.6 is 11.6 Å². The molecule has 1 aromatic carbocycles. The molecule has 0 aliphatic heterocycles. The average molecular weight is 238 g/mol. The molecule has 0 bridgehead atoms. The summed E-state index contributed by atoms with van der Waals surface area (Å²) in [7, 11) is 0. The van der Waals surface area contributed by atoms with E-state index < -0.39 is 0 Å². The number of nitrogens with zero attached hydrogens (tertiary/aromatic N) is 1. The van der Waals surface area contributed by atoms with Gasteiger partial charge in [0.25, 0.3) is 0 Å². The number of aliphatic imine (C=N–C) groups is 1. The van der Waals surface area contributed by atoms with Gasteiger partial charge in [-0.15, -0.1) is 0 Å². The van der Waals surface area contributed by atoms with Gasteiger partial charge in [-0.05, 0) is 12.1 Å². The van der Waals surface area contributed by atoms with Crippen LogP contribution in [-0.4, -0.2) is 6.34 Å². The molecule has 4 N–H and O–H groups in total. The van der Waals surface area contributed by atoms with Crippen LogP contribution in [0.1, 0.15) is 0 Å². The molecule has 0 aromatic heterocycles. The van der Waals surface area contributed by atoms with Gasteiger partial charge in [-0.1, -0.05) is 30.3 Å². The van der Waals surface area contributed by atoms with E-state index in [0.29, 0.717) is 17.2 Å². The Morgan fingerprint density at radius 1 is 1.44 bits per heavy atom. The molecule has 0 fully saturated rings. The first-order valence-electron chi connectivity index (χ1n) is 4.46. The van der Waals surface area contributed by atoms with Gasteiger partial charge in [0.2, 0.25) is 0 Å². The third kappa shape index (κ3) is 3.67. The highest BCUT2D eigenvalue weighted by atomic mass is 35.5. The average Bonchev–Trinajstić information content (AvgIpc) is 2.21. The molecule has 1 rings (SSSR count). The smallest absolute Gasteiger partial charge is 0.150 e. The quantitative estimate of drug-likeness (QED) is 0.211. The van der Waals surface area contributed by atoms with Gasteiger partial charge in [-0.25, -0.2) is 4.99 Å². The minimum Gasteiger partial charge on any atom is -0.456 e. The lowest BCUT2D eigenvalue weighted by atomic mass is 10.3. The summed E-state index contributed by atoms with van der Waals surface area (Å²) in [5.74, 6) is 0.846. The Labute approximate surface area is 98.9 Å². The standard InChI is InChI=1S/C11H12ClN3O/c1-8(6-11(12)15-7-13)16-10-5-3-2-4-9(10)14/h2-7H,1,14H2,(H2,13,15)/b11-6-. The molecule has 0 radical (unpaired) electrons. The van der Waals surface area contributed by atoms with Crippen LogP contribution in [0.4, 0.5) is 5.69 Å². The molecule has 5 heteroatoms. The highest BCUT2D eigenvalue weighted by molar-refractivity contribution is 6.29. The topological polar surface area (TPSA) is 73.6 Å². The van der Waals surface area contributed by atoms with E-state index in [2.05, 4.69) is 11.6 Å². The van der Waals surface area contributed by atoms with E-state index in [9.17, 15) is 0 Å². The SMILES string of the molecule is C=C(/C=C(/Cl)N=CN)Oc1ccccc1N. The van der Waals surface area contributed by atoms with Gasteiger partial charge in [0, 0.05) is 6.08 Å². The van der Waals surface area contributed by atoms with Crippen molar-refractivity contribution >= 4 is 23.6 Å². The van der Waals surface area contributed by atoms with Crippen molar-refractivity contribution in [1.82, 2.24) is 0 Å². The number of nitrogens with two attached hydrogens (primary N) is 2. The zero-order valence-electron chi connectivity index (χ0n) is 8.56. The molecule has 1 aromatic rings. The number of hydrogen-bond acceptors (Lipinski definition) is 3. The summed E-state index contributed by atoms with van der Waals surface area (Å²) in [6, 6.07) is 7.08. The Morgan fingerprint density at radius 3 is 2.75 bits per heavy atom. The van der Waals surface area contributed by atoms with Crippen molar-refractivity contribution in [2.24, 2.45) is 10.7 Å². The third-order valence-electron chi connectivity index (χ3n) is 1.64. The number of para-hydroxylation sites is 2. The number of allylic oxidation sites excluding steroid dienone is 1. The number of rotatable bonds is 4. The van der Waals surface area contributed by atoms with Crippen molar-refractivity contribution in [2.75, 3.05) is 5.73 Å². The van der Waals surface area contributed by atoms with E-state index in [4.69, 9.17) is 27.8 Å². The largest absolute Gasteiger partial charge is 0.456 e. The van der Waals surface area contributed by atoms with Crippen LogP contribution in [0.15, 0.2) is 52.8 Å². The summed E-state index contributed by atoms with van der Waals surface area (Å²) < 4.78 is 5.37. The Kier molecular flexibility index (Phi) is 4.42. The van der Waals surface area contributed by atoms with Crippen LogP contribution in [-0.2, 0) is 0 Å². The van der Waals surface area contributed by atoms with Gasteiger partial charge >= 0.3 is 0 Å². The van der Waals surface area contributed by atoms with Crippen molar-refractivity contribution in [3.05, 3.63) is 47.8 Å². The van der Waals surface area contributed by atoms with Crippen LogP contribution in [0.25, 0.3) is 0 Å².